The molecule has 0 radical (unpaired) electrons. The molecule has 0 fully saturated rings. The molecule has 0 saturated carbocycles. The van der Waals surface area contributed by atoms with Crippen molar-refractivity contribution in [2.45, 2.75) is 12.5 Å². The largest absolute Gasteiger partial charge is 0.480 e. The Morgan fingerprint density at radius 2 is 2.20 bits per heavy atom. The zero-order valence-corrected chi connectivity index (χ0v) is 10.8. The highest BCUT2D eigenvalue weighted by Gasteiger charge is 2.21. The van der Waals surface area contributed by atoms with E-state index in [1.165, 1.54) is 0 Å². The van der Waals surface area contributed by atoms with Crippen LogP contribution in [0.4, 0.5) is 5.69 Å². The lowest BCUT2D eigenvalue weighted by molar-refractivity contribution is -0.384. The number of aliphatic carboxylic acids is 1. The Morgan fingerprint density at radius 1 is 1.55 bits per heavy atom. The van der Waals surface area contributed by atoms with E-state index >= 15 is 0 Å². The topological polar surface area (TPSA) is 110 Å². The zero-order chi connectivity index (χ0) is 15.3. The number of benzene rings is 1. The van der Waals surface area contributed by atoms with Gasteiger partial charge in [-0.15, -0.1) is 12.3 Å². The van der Waals surface area contributed by atoms with Crippen LogP contribution in [0.3, 0.4) is 0 Å². The van der Waals surface area contributed by atoms with Crippen LogP contribution in [0.5, 0.6) is 0 Å². The third kappa shape index (κ3) is 3.70. The lowest BCUT2D eigenvalue weighted by atomic mass is 10.1. The fraction of sp³-hybridized carbons (Fsp3) is 0.167. The molecule has 0 bridgehead atoms. The average molecular weight is 297 g/mol. The Kier molecular flexibility index (Phi) is 5.06. The SMILES string of the molecule is C#CCC(NC(=O)c1ccc([N+](=O)[O-])cc1Cl)C(=O)O. The number of nitro benzene ring substituents is 1. The average Bonchev–Trinajstić information content (AvgIpc) is 2.37. The molecule has 2 N–H and O–H groups in total. The van der Waals surface area contributed by atoms with Gasteiger partial charge in [0.25, 0.3) is 11.6 Å². The Bertz CT molecular complexity index is 608. The van der Waals surface area contributed by atoms with E-state index < -0.39 is 22.8 Å². The van der Waals surface area contributed by atoms with E-state index in [0.29, 0.717) is 0 Å². The van der Waals surface area contributed by atoms with Crippen molar-refractivity contribution in [2.75, 3.05) is 0 Å². The predicted octanol–water partition coefficient (Wildman–Crippen LogP) is 1.45. The van der Waals surface area contributed by atoms with Crippen LogP contribution in [0.25, 0.3) is 0 Å². The first-order valence-corrected chi connectivity index (χ1v) is 5.65. The summed E-state index contributed by atoms with van der Waals surface area (Å²) in [4.78, 5) is 32.6. The lowest BCUT2D eigenvalue weighted by Gasteiger charge is -2.12. The van der Waals surface area contributed by atoms with Gasteiger partial charge in [-0.25, -0.2) is 4.79 Å². The highest BCUT2D eigenvalue weighted by molar-refractivity contribution is 6.34. The van der Waals surface area contributed by atoms with Crippen molar-refractivity contribution in [1.82, 2.24) is 5.32 Å². The van der Waals surface area contributed by atoms with Gasteiger partial charge in [-0.3, -0.25) is 14.9 Å². The van der Waals surface area contributed by atoms with E-state index in [1.807, 2.05) is 0 Å². The van der Waals surface area contributed by atoms with Crippen molar-refractivity contribution in [3.05, 3.63) is 38.9 Å². The maximum Gasteiger partial charge on any atom is 0.327 e. The highest BCUT2D eigenvalue weighted by atomic mass is 35.5. The van der Waals surface area contributed by atoms with Gasteiger partial charge in [0.05, 0.1) is 15.5 Å². The molecule has 0 aromatic heterocycles. The fourth-order valence-corrected chi connectivity index (χ4v) is 1.62. The van der Waals surface area contributed by atoms with Crippen LogP contribution >= 0.6 is 11.6 Å². The number of carboxylic acids is 1. The number of nitrogens with zero attached hydrogens (tertiary/aromatic N) is 1. The Labute approximate surface area is 118 Å². The van der Waals surface area contributed by atoms with Gasteiger partial charge in [0.2, 0.25) is 0 Å². The lowest BCUT2D eigenvalue weighted by Crippen LogP contribution is -2.40. The summed E-state index contributed by atoms with van der Waals surface area (Å²) in [6.45, 7) is 0. The van der Waals surface area contributed by atoms with Gasteiger partial charge in [-0.2, -0.15) is 0 Å². The molecule has 1 unspecified atom stereocenters. The van der Waals surface area contributed by atoms with Crippen molar-refractivity contribution in [1.29, 1.82) is 0 Å². The fourth-order valence-electron chi connectivity index (χ4n) is 1.36. The number of hydrogen-bond acceptors (Lipinski definition) is 4. The quantitative estimate of drug-likeness (QED) is 0.485. The standard InChI is InChI=1S/C12H9ClN2O5/c1-2-3-10(12(17)18)14-11(16)8-5-4-7(15(19)20)6-9(8)13/h1,4-6,10H,3H2,(H,14,16)(H,17,18). The molecule has 1 aromatic carbocycles. The first kappa shape index (κ1) is 15.5. The first-order valence-electron chi connectivity index (χ1n) is 5.28. The number of terminal acetylenes is 1. The molecule has 0 aliphatic rings. The van der Waals surface area contributed by atoms with Crippen molar-refractivity contribution < 1.29 is 19.6 Å². The molecule has 7 nitrogen and oxygen atoms in total. The molecule has 0 aliphatic carbocycles. The molecule has 0 heterocycles. The summed E-state index contributed by atoms with van der Waals surface area (Å²) in [5, 5.41) is 21.4. The molecule has 1 aromatic rings. The Balaban J connectivity index is 2.95. The normalized spacial score (nSPS) is 11.2. The van der Waals surface area contributed by atoms with Gasteiger partial charge in [-0.1, -0.05) is 11.6 Å². The van der Waals surface area contributed by atoms with Gasteiger partial charge in [0, 0.05) is 18.6 Å². The summed E-state index contributed by atoms with van der Waals surface area (Å²) in [6, 6.07) is 1.99. The second-order valence-corrected chi connectivity index (χ2v) is 4.10. The maximum absolute atomic E-state index is 11.8. The molecule has 20 heavy (non-hydrogen) atoms. The van der Waals surface area contributed by atoms with Crippen molar-refractivity contribution in [3.63, 3.8) is 0 Å². The maximum atomic E-state index is 11.8. The third-order valence-corrected chi connectivity index (χ3v) is 2.65. The minimum atomic E-state index is -1.28. The summed E-state index contributed by atoms with van der Waals surface area (Å²) in [5.74, 6) is 0.0730. The van der Waals surface area contributed by atoms with E-state index in [-0.39, 0.29) is 22.7 Å². The molecule has 1 atom stereocenters. The third-order valence-electron chi connectivity index (χ3n) is 2.33. The summed E-state index contributed by atoms with van der Waals surface area (Å²) < 4.78 is 0. The second-order valence-electron chi connectivity index (χ2n) is 3.69. The van der Waals surface area contributed by atoms with Crippen LogP contribution in [0.1, 0.15) is 16.8 Å². The number of carboxylic acid groups (broad SMARTS) is 1. The van der Waals surface area contributed by atoms with Crippen molar-refractivity contribution >= 4 is 29.2 Å². The summed E-state index contributed by atoms with van der Waals surface area (Å²) in [6.07, 6.45) is 4.81. The minimum Gasteiger partial charge on any atom is -0.480 e. The van der Waals surface area contributed by atoms with E-state index in [9.17, 15) is 19.7 Å². The Morgan fingerprint density at radius 3 is 2.65 bits per heavy atom. The van der Waals surface area contributed by atoms with Crippen LogP contribution in [0.2, 0.25) is 5.02 Å². The number of nitrogens with one attached hydrogen (secondary N) is 1. The molecular formula is C12H9ClN2O5. The van der Waals surface area contributed by atoms with Gasteiger partial charge < -0.3 is 10.4 Å². The molecule has 0 aliphatic heterocycles. The monoisotopic (exact) mass is 296 g/mol. The number of rotatable bonds is 5. The first-order chi connectivity index (χ1) is 9.36. The number of carbonyl (C=O) groups excluding carboxylic acids is 1. The molecule has 0 saturated heterocycles. The molecule has 8 heteroatoms. The van der Waals surface area contributed by atoms with Crippen LogP contribution in [0.15, 0.2) is 18.2 Å². The summed E-state index contributed by atoms with van der Waals surface area (Å²) in [5.41, 5.74) is -0.342. The van der Waals surface area contributed by atoms with E-state index in [2.05, 4.69) is 11.2 Å². The number of carbonyl (C=O) groups is 2. The van der Waals surface area contributed by atoms with Crippen molar-refractivity contribution in [3.8, 4) is 12.3 Å². The summed E-state index contributed by atoms with van der Waals surface area (Å²) >= 11 is 5.76. The number of halogens is 1. The molecule has 0 spiro atoms. The molecule has 1 rings (SSSR count). The van der Waals surface area contributed by atoms with Crippen molar-refractivity contribution in [2.24, 2.45) is 0 Å². The van der Waals surface area contributed by atoms with E-state index in [0.717, 1.165) is 18.2 Å². The van der Waals surface area contributed by atoms with Crippen LogP contribution in [0, 0.1) is 22.5 Å². The minimum absolute atomic E-state index is 0.0689. The van der Waals surface area contributed by atoms with Gasteiger partial charge in [0.15, 0.2) is 0 Å². The number of non-ortho nitro benzene ring substituents is 1. The number of nitro groups is 1. The molecule has 1 amide bonds. The smallest absolute Gasteiger partial charge is 0.327 e. The van der Waals surface area contributed by atoms with Crippen LogP contribution in [-0.4, -0.2) is 27.9 Å². The van der Waals surface area contributed by atoms with Crippen LogP contribution in [-0.2, 0) is 4.79 Å². The van der Waals surface area contributed by atoms with Gasteiger partial charge in [0.1, 0.15) is 6.04 Å². The van der Waals surface area contributed by atoms with E-state index in [4.69, 9.17) is 23.1 Å². The molecule has 104 valence electrons. The summed E-state index contributed by atoms with van der Waals surface area (Å²) in [7, 11) is 0. The van der Waals surface area contributed by atoms with Gasteiger partial charge in [-0.05, 0) is 6.07 Å². The predicted molar refractivity (Wildman–Crippen MR) is 70.4 cm³/mol. The Hall–Kier alpha value is -2.59. The number of hydrogen-bond donors (Lipinski definition) is 2. The highest BCUT2D eigenvalue weighted by Crippen LogP contribution is 2.22. The second kappa shape index (κ2) is 6.54. The molecular weight excluding hydrogens is 288 g/mol. The number of amides is 1. The van der Waals surface area contributed by atoms with Crippen LogP contribution < -0.4 is 5.32 Å². The zero-order valence-electron chi connectivity index (χ0n) is 10.00. The van der Waals surface area contributed by atoms with Gasteiger partial charge >= 0.3 is 5.97 Å². The van der Waals surface area contributed by atoms with E-state index in [1.54, 1.807) is 0 Å².